The first kappa shape index (κ1) is 22.2. The highest BCUT2D eigenvalue weighted by Gasteiger charge is 2.12. The van der Waals surface area contributed by atoms with Gasteiger partial charge >= 0.3 is 0 Å². The summed E-state index contributed by atoms with van der Waals surface area (Å²) in [6.45, 7) is 2.26. The highest BCUT2D eigenvalue weighted by atomic mass is 35.5. The SMILES string of the molecule is CCOc1ccc(/C=N\NC(=O)Cc2nnc(NC(=O)c3ccc(Cl)cc3)s2)cc1O. The summed E-state index contributed by atoms with van der Waals surface area (Å²) in [6.07, 6.45) is 1.34. The van der Waals surface area contributed by atoms with Gasteiger partial charge in [0.05, 0.1) is 19.2 Å². The van der Waals surface area contributed by atoms with Crippen molar-refractivity contribution in [2.24, 2.45) is 5.10 Å². The van der Waals surface area contributed by atoms with Gasteiger partial charge in [0.15, 0.2) is 11.5 Å². The molecule has 0 saturated carbocycles. The third-order valence-electron chi connectivity index (χ3n) is 3.79. The fraction of sp³-hybridized carbons (Fsp3) is 0.150. The maximum absolute atomic E-state index is 12.2. The maximum atomic E-state index is 12.2. The van der Waals surface area contributed by atoms with E-state index in [1.165, 1.54) is 12.3 Å². The van der Waals surface area contributed by atoms with Crippen LogP contribution >= 0.6 is 22.9 Å². The van der Waals surface area contributed by atoms with Crippen molar-refractivity contribution in [2.75, 3.05) is 11.9 Å². The molecular formula is C20H18ClN5O4S. The second-order valence-corrected chi connectivity index (χ2v) is 7.59. The predicted molar refractivity (Wildman–Crippen MR) is 118 cm³/mol. The summed E-state index contributed by atoms with van der Waals surface area (Å²) in [6, 6.07) is 11.2. The van der Waals surface area contributed by atoms with E-state index >= 15 is 0 Å². The number of aromatic nitrogens is 2. The Morgan fingerprint density at radius 2 is 2.00 bits per heavy atom. The molecule has 0 radical (unpaired) electrons. The van der Waals surface area contributed by atoms with Crippen molar-refractivity contribution in [1.29, 1.82) is 0 Å². The molecule has 160 valence electrons. The number of phenols is 1. The van der Waals surface area contributed by atoms with Gasteiger partial charge in [0.25, 0.3) is 5.91 Å². The number of rotatable bonds is 8. The molecule has 0 aliphatic carbocycles. The molecule has 9 nitrogen and oxygen atoms in total. The lowest BCUT2D eigenvalue weighted by Crippen LogP contribution is -2.19. The Bertz CT molecular complexity index is 1100. The highest BCUT2D eigenvalue weighted by Crippen LogP contribution is 2.26. The maximum Gasteiger partial charge on any atom is 0.257 e. The lowest BCUT2D eigenvalue weighted by Gasteiger charge is -2.05. The molecule has 0 saturated heterocycles. The van der Waals surface area contributed by atoms with E-state index in [0.717, 1.165) is 11.3 Å². The normalized spacial score (nSPS) is 10.8. The number of phenolic OH excluding ortho intramolecular Hbond substituents is 1. The Labute approximate surface area is 186 Å². The summed E-state index contributed by atoms with van der Waals surface area (Å²) in [5.74, 6) is -0.400. The average Bonchev–Trinajstić information content (AvgIpc) is 3.17. The van der Waals surface area contributed by atoms with Gasteiger partial charge in [0.2, 0.25) is 11.0 Å². The van der Waals surface area contributed by atoms with Crippen LogP contribution in [0.15, 0.2) is 47.6 Å². The lowest BCUT2D eigenvalue weighted by atomic mass is 10.2. The molecule has 31 heavy (non-hydrogen) atoms. The van der Waals surface area contributed by atoms with Crippen LogP contribution in [0.4, 0.5) is 5.13 Å². The largest absolute Gasteiger partial charge is 0.504 e. The van der Waals surface area contributed by atoms with Crippen molar-refractivity contribution in [3.05, 3.63) is 63.6 Å². The Morgan fingerprint density at radius 1 is 1.23 bits per heavy atom. The van der Waals surface area contributed by atoms with Crippen molar-refractivity contribution in [3.63, 3.8) is 0 Å². The topological polar surface area (TPSA) is 126 Å². The Kier molecular flexibility index (Phi) is 7.52. The van der Waals surface area contributed by atoms with Gasteiger partial charge in [-0.1, -0.05) is 22.9 Å². The molecule has 0 bridgehead atoms. The van der Waals surface area contributed by atoms with E-state index in [4.69, 9.17) is 16.3 Å². The highest BCUT2D eigenvalue weighted by molar-refractivity contribution is 7.15. The zero-order chi connectivity index (χ0) is 22.2. The second kappa shape index (κ2) is 10.5. The van der Waals surface area contributed by atoms with Gasteiger partial charge in [-0.3, -0.25) is 14.9 Å². The molecule has 3 N–H and O–H groups in total. The summed E-state index contributed by atoms with van der Waals surface area (Å²) in [5.41, 5.74) is 3.39. The molecule has 3 rings (SSSR count). The van der Waals surface area contributed by atoms with Crippen LogP contribution in [0, 0.1) is 0 Å². The van der Waals surface area contributed by atoms with E-state index in [1.807, 2.05) is 6.92 Å². The van der Waals surface area contributed by atoms with Gasteiger partial charge in [0.1, 0.15) is 5.01 Å². The number of benzene rings is 2. The number of hydrazone groups is 1. The summed E-state index contributed by atoms with van der Waals surface area (Å²) in [7, 11) is 0. The average molecular weight is 460 g/mol. The molecule has 0 unspecified atom stereocenters. The lowest BCUT2D eigenvalue weighted by molar-refractivity contribution is -0.120. The van der Waals surface area contributed by atoms with Crippen LogP contribution < -0.4 is 15.5 Å². The molecule has 2 aromatic carbocycles. The van der Waals surface area contributed by atoms with Gasteiger partial charge in [-0.2, -0.15) is 5.10 Å². The Morgan fingerprint density at radius 3 is 2.71 bits per heavy atom. The number of carbonyl (C=O) groups is 2. The number of ether oxygens (including phenoxy) is 1. The predicted octanol–water partition coefficient (Wildman–Crippen LogP) is 3.24. The number of carbonyl (C=O) groups excluding carboxylic acids is 2. The molecular weight excluding hydrogens is 442 g/mol. The van der Waals surface area contributed by atoms with Gasteiger partial charge in [-0.25, -0.2) is 5.43 Å². The minimum atomic E-state index is -0.405. The standard InChI is InChI=1S/C20H18ClN5O4S/c1-2-30-16-8-3-12(9-15(16)27)11-22-24-17(28)10-18-25-26-20(31-18)23-19(29)13-4-6-14(21)7-5-13/h3-9,11,27H,2,10H2,1H3,(H,24,28)(H,23,26,29)/b22-11-. The molecule has 2 amide bonds. The number of nitrogens with zero attached hydrogens (tertiary/aromatic N) is 3. The van der Waals surface area contributed by atoms with Gasteiger partial charge in [-0.05, 0) is 55.0 Å². The fourth-order valence-corrected chi connectivity index (χ4v) is 3.25. The monoisotopic (exact) mass is 459 g/mol. The van der Waals surface area contributed by atoms with Gasteiger partial charge in [-0.15, -0.1) is 10.2 Å². The molecule has 1 heterocycles. The quantitative estimate of drug-likeness (QED) is 0.350. The van der Waals surface area contributed by atoms with Gasteiger partial charge < -0.3 is 9.84 Å². The molecule has 11 heteroatoms. The van der Waals surface area contributed by atoms with Crippen LogP contribution in [-0.2, 0) is 11.2 Å². The summed E-state index contributed by atoms with van der Waals surface area (Å²) in [5, 5.41) is 25.3. The first-order valence-electron chi connectivity index (χ1n) is 9.11. The number of hydrogen-bond acceptors (Lipinski definition) is 8. The van der Waals surface area contributed by atoms with Gasteiger partial charge in [0, 0.05) is 10.6 Å². The van der Waals surface area contributed by atoms with Crippen molar-refractivity contribution < 1.29 is 19.4 Å². The molecule has 0 fully saturated rings. The number of amides is 2. The third kappa shape index (κ3) is 6.49. The van der Waals surface area contributed by atoms with Crippen molar-refractivity contribution in [3.8, 4) is 11.5 Å². The molecule has 0 atom stereocenters. The number of halogens is 1. The van der Waals surface area contributed by atoms with E-state index in [2.05, 4.69) is 26.0 Å². The minimum absolute atomic E-state index is 0.0147. The fourth-order valence-electron chi connectivity index (χ4n) is 2.39. The van der Waals surface area contributed by atoms with E-state index in [-0.39, 0.29) is 23.2 Å². The third-order valence-corrected chi connectivity index (χ3v) is 4.88. The number of aromatic hydroxyl groups is 1. The van der Waals surface area contributed by atoms with Crippen molar-refractivity contribution in [2.45, 2.75) is 13.3 Å². The van der Waals surface area contributed by atoms with Crippen LogP contribution in [0.1, 0.15) is 27.9 Å². The van der Waals surface area contributed by atoms with E-state index in [1.54, 1.807) is 36.4 Å². The molecule has 0 aliphatic heterocycles. The number of hydrogen-bond donors (Lipinski definition) is 3. The molecule has 1 aromatic heterocycles. The van der Waals surface area contributed by atoms with Crippen LogP contribution in [0.25, 0.3) is 0 Å². The molecule has 3 aromatic rings. The Hall–Kier alpha value is -3.50. The van der Waals surface area contributed by atoms with E-state index in [0.29, 0.717) is 33.5 Å². The van der Waals surface area contributed by atoms with Crippen LogP contribution in [0.3, 0.4) is 0 Å². The number of nitrogens with one attached hydrogen (secondary N) is 2. The van der Waals surface area contributed by atoms with Crippen molar-refractivity contribution in [1.82, 2.24) is 15.6 Å². The first-order valence-corrected chi connectivity index (χ1v) is 10.3. The summed E-state index contributed by atoms with van der Waals surface area (Å²) >= 11 is 6.89. The van der Waals surface area contributed by atoms with Crippen LogP contribution in [-0.4, -0.2) is 39.9 Å². The smallest absolute Gasteiger partial charge is 0.257 e. The second-order valence-electron chi connectivity index (χ2n) is 6.09. The minimum Gasteiger partial charge on any atom is -0.504 e. The Balaban J connectivity index is 1.50. The zero-order valence-electron chi connectivity index (χ0n) is 16.3. The van der Waals surface area contributed by atoms with Crippen molar-refractivity contribution >= 4 is 46.1 Å². The zero-order valence-corrected chi connectivity index (χ0v) is 17.9. The molecule has 0 aliphatic rings. The molecule has 0 spiro atoms. The van der Waals surface area contributed by atoms with Crippen LogP contribution in [0.2, 0.25) is 5.02 Å². The summed E-state index contributed by atoms with van der Waals surface area (Å²) < 4.78 is 5.25. The summed E-state index contributed by atoms with van der Waals surface area (Å²) in [4.78, 5) is 24.2. The first-order chi connectivity index (χ1) is 14.9. The van der Waals surface area contributed by atoms with Crippen LogP contribution in [0.5, 0.6) is 11.5 Å². The number of anilines is 1. The van der Waals surface area contributed by atoms with E-state index < -0.39 is 5.91 Å². The van der Waals surface area contributed by atoms with E-state index in [9.17, 15) is 14.7 Å².